The molecule has 0 saturated carbocycles. The van der Waals surface area contributed by atoms with Crippen LogP contribution in [0.25, 0.3) is 0 Å². The summed E-state index contributed by atoms with van der Waals surface area (Å²) >= 11 is 0. The molecule has 1 atom stereocenters. The number of halogens is 1. The van der Waals surface area contributed by atoms with Gasteiger partial charge in [-0.15, -0.1) is 0 Å². The first-order chi connectivity index (χ1) is 9.06. The van der Waals surface area contributed by atoms with E-state index in [1.165, 1.54) is 24.5 Å². The second kappa shape index (κ2) is 5.67. The normalized spacial score (nSPS) is 12.3. The summed E-state index contributed by atoms with van der Waals surface area (Å²) in [7, 11) is 0. The Labute approximate surface area is 109 Å². The van der Waals surface area contributed by atoms with Crippen molar-refractivity contribution in [1.29, 1.82) is 0 Å². The van der Waals surface area contributed by atoms with Crippen LogP contribution in [-0.2, 0) is 6.54 Å². The number of furan rings is 1. The Morgan fingerprint density at radius 1 is 1.47 bits per heavy atom. The average Bonchev–Trinajstić information content (AvgIpc) is 2.85. The standard InChI is InChI=1S/C14H14FNO3/c1-9(10-3-2-4-12(15)5-10)16-7-13-6-11(8-19-13)14(17)18/h2-6,8-9,16H,7H2,1H3,(H,17,18). The van der Waals surface area contributed by atoms with Gasteiger partial charge in [-0.3, -0.25) is 0 Å². The Balaban J connectivity index is 1.96. The van der Waals surface area contributed by atoms with Gasteiger partial charge in [-0.25, -0.2) is 9.18 Å². The van der Waals surface area contributed by atoms with E-state index >= 15 is 0 Å². The number of hydrogen-bond donors (Lipinski definition) is 2. The zero-order chi connectivity index (χ0) is 13.8. The second-order valence-corrected chi connectivity index (χ2v) is 4.26. The molecule has 0 aliphatic heterocycles. The van der Waals surface area contributed by atoms with Crippen molar-refractivity contribution < 1.29 is 18.7 Å². The fourth-order valence-electron chi connectivity index (χ4n) is 1.73. The fraction of sp³-hybridized carbons (Fsp3) is 0.214. The van der Waals surface area contributed by atoms with Crippen molar-refractivity contribution in [3.05, 3.63) is 59.3 Å². The van der Waals surface area contributed by atoms with Crippen molar-refractivity contribution in [1.82, 2.24) is 5.32 Å². The van der Waals surface area contributed by atoms with E-state index in [0.29, 0.717) is 12.3 Å². The molecule has 2 aromatic rings. The summed E-state index contributed by atoms with van der Waals surface area (Å²) in [6.45, 7) is 2.28. The molecule has 5 heteroatoms. The fourth-order valence-corrected chi connectivity index (χ4v) is 1.73. The molecule has 0 spiro atoms. The summed E-state index contributed by atoms with van der Waals surface area (Å²) in [5.74, 6) is -0.772. The van der Waals surface area contributed by atoms with E-state index in [1.54, 1.807) is 6.07 Å². The number of carboxylic acid groups (broad SMARTS) is 1. The molecular formula is C14H14FNO3. The molecule has 0 radical (unpaired) electrons. The van der Waals surface area contributed by atoms with Gasteiger partial charge in [-0.2, -0.15) is 0 Å². The highest BCUT2D eigenvalue weighted by atomic mass is 19.1. The van der Waals surface area contributed by atoms with Crippen molar-refractivity contribution in [2.45, 2.75) is 19.5 Å². The molecule has 1 aromatic heterocycles. The number of carboxylic acids is 1. The van der Waals surface area contributed by atoms with Crippen LogP contribution in [-0.4, -0.2) is 11.1 Å². The lowest BCUT2D eigenvalue weighted by Gasteiger charge is -2.13. The van der Waals surface area contributed by atoms with Crippen molar-refractivity contribution in [2.75, 3.05) is 0 Å². The highest BCUT2D eigenvalue weighted by Gasteiger charge is 2.10. The molecule has 19 heavy (non-hydrogen) atoms. The summed E-state index contributed by atoms with van der Waals surface area (Å²) in [5, 5.41) is 11.9. The van der Waals surface area contributed by atoms with E-state index in [2.05, 4.69) is 5.32 Å². The predicted octanol–water partition coefficient (Wildman–Crippen LogP) is 2.97. The van der Waals surface area contributed by atoms with E-state index in [4.69, 9.17) is 9.52 Å². The summed E-state index contributed by atoms with van der Waals surface area (Å²) in [5.41, 5.74) is 0.945. The first-order valence-corrected chi connectivity index (χ1v) is 5.86. The van der Waals surface area contributed by atoms with Crippen LogP contribution in [0.15, 0.2) is 41.0 Å². The topological polar surface area (TPSA) is 62.5 Å². The zero-order valence-electron chi connectivity index (χ0n) is 10.4. The van der Waals surface area contributed by atoms with Crippen LogP contribution < -0.4 is 5.32 Å². The molecule has 2 N–H and O–H groups in total. The molecule has 0 fully saturated rings. The predicted molar refractivity (Wildman–Crippen MR) is 67.3 cm³/mol. The molecular weight excluding hydrogens is 249 g/mol. The molecule has 0 aliphatic rings. The van der Waals surface area contributed by atoms with Gasteiger partial charge in [0.25, 0.3) is 0 Å². The van der Waals surface area contributed by atoms with Gasteiger partial charge >= 0.3 is 5.97 Å². The quantitative estimate of drug-likeness (QED) is 0.870. The maximum atomic E-state index is 13.1. The van der Waals surface area contributed by atoms with Gasteiger partial charge in [0.05, 0.1) is 12.1 Å². The molecule has 0 bridgehead atoms. The number of hydrogen-bond acceptors (Lipinski definition) is 3. The molecule has 2 rings (SSSR count). The highest BCUT2D eigenvalue weighted by Crippen LogP contribution is 2.15. The Bertz CT molecular complexity index is 580. The lowest BCUT2D eigenvalue weighted by atomic mass is 10.1. The largest absolute Gasteiger partial charge is 0.478 e. The Morgan fingerprint density at radius 3 is 2.89 bits per heavy atom. The van der Waals surface area contributed by atoms with Gasteiger partial charge in [-0.1, -0.05) is 12.1 Å². The summed E-state index contributed by atoms with van der Waals surface area (Å²) < 4.78 is 18.2. The van der Waals surface area contributed by atoms with E-state index in [0.717, 1.165) is 5.56 Å². The number of benzene rings is 1. The maximum Gasteiger partial charge on any atom is 0.338 e. The van der Waals surface area contributed by atoms with Crippen LogP contribution in [0.4, 0.5) is 4.39 Å². The van der Waals surface area contributed by atoms with Crippen molar-refractivity contribution in [3.63, 3.8) is 0 Å². The molecule has 0 saturated heterocycles. The van der Waals surface area contributed by atoms with Gasteiger partial charge in [0.15, 0.2) is 0 Å². The minimum atomic E-state index is -1.02. The van der Waals surface area contributed by atoms with Gasteiger partial charge < -0.3 is 14.8 Å². The van der Waals surface area contributed by atoms with E-state index in [9.17, 15) is 9.18 Å². The summed E-state index contributed by atoms with van der Waals surface area (Å²) in [6.07, 6.45) is 1.20. The molecule has 4 nitrogen and oxygen atoms in total. The zero-order valence-corrected chi connectivity index (χ0v) is 10.4. The van der Waals surface area contributed by atoms with Crippen LogP contribution >= 0.6 is 0 Å². The smallest absolute Gasteiger partial charge is 0.338 e. The van der Waals surface area contributed by atoms with Gasteiger partial charge in [0.2, 0.25) is 0 Å². The number of aromatic carboxylic acids is 1. The van der Waals surface area contributed by atoms with Gasteiger partial charge in [0, 0.05) is 6.04 Å². The third-order valence-electron chi connectivity index (χ3n) is 2.83. The van der Waals surface area contributed by atoms with Gasteiger partial charge in [0.1, 0.15) is 17.8 Å². The Morgan fingerprint density at radius 2 is 2.26 bits per heavy atom. The van der Waals surface area contributed by atoms with E-state index in [1.807, 2.05) is 13.0 Å². The third-order valence-corrected chi connectivity index (χ3v) is 2.83. The lowest BCUT2D eigenvalue weighted by molar-refractivity contribution is 0.0696. The molecule has 1 aromatic carbocycles. The number of rotatable bonds is 5. The van der Waals surface area contributed by atoms with Crippen LogP contribution in [0.3, 0.4) is 0 Å². The Hall–Kier alpha value is -2.14. The number of carbonyl (C=O) groups is 1. The highest BCUT2D eigenvalue weighted by molar-refractivity contribution is 5.87. The summed E-state index contributed by atoms with van der Waals surface area (Å²) in [4.78, 5) is 10.7. The summed E-state index contributed by atoms with van der Waals surface area (Å²) in [6, 6.07) is 7.73. The van der Waals surface area contributed by atoms with Crippen molar-refractivity contribution in [3.8, 4) is 0 Å². The van der Waals surface area contributed by atoms with Crippen molar-refractivity contribution in [2.24, 2.45) is 0 Å². The van der Waals surface area contributed by atoms with E-state index in [-0.39, 0.29) is 17.4 Å². The molecule has 100 valence electrons. The third kappa shape index (κ3) is 3.42. The molecule has 0 amide bonds. The van der Waals surface area contributed by atoms with Crippen molar-refractivity contribution >= 4 is 5.97 Å². The molecule has 1 unspecified atom stereocenters. The minimum absolute atomic E-state index is 0.0610. The van der Waals surface area contributed by atoms with Gasteiger partial charge in [-0.05, 0) is 30.7 Å². The Kier molecular flexibility index (Phi) is 3.97. The van der Waals surface area contributed by atoms with Crippen LogP contribution in [0.2, 0.25) is 0 Å². The molecule has 0 aliphatic carbocycles. The van der Waals surface area contributed by atoms with Crippen LogP contribution in [0.1, 0.15) is 34.6 Å². The number of nitrogens with one attached hydrogen (secondary N) is 1. The monoisotopic (exact) mass is 263 g/mol. The first-order valence-electron chi connectivity index (χ1n) is 5.86. The maximum absolute atomic E-state index is 13.1. The van der Waals surface area contributed by atoms with Crippen LogP contribution in [0.5, 0.6) is 0 Å². The SMILES string of the molecule is CC(NCc1cc(C(=O)O)co1)c1cccc(F)c1. The van der Waals surface area contributed by atoms with Crippen LogP contribution in [0, 0.1) is 5.82 Å². The first kappa shape index (κ1) is 13.3. The average molecular weight is 263 g/mol. The lowest BCUT2D eigenvalue weighted by Crippen LogP contribution is -2.17. The minimum Gasteiger partial charge on any atom is -0.478 e. The van der Waals surface area contributed by atoms with E-state index < -0.39 is 5.97 Å². The second-order valence-electron chi connectivity index (χ2n) is 4.26. The molecule has 1 heterocycles.